The molecule has 0 bridgehead atoms. The summed E-state index contributed by atoms with van der Waals surface area (Å²) in [6.45, 7) is -1.70. The normalized spacial score (nSPS) is 13.0. The molecule has 0 saturated carbocycles. The molecule has 0 amide bonds. The van der Waals surface area contributed by atoms with Gasteiger partial charge >= 0.3 is 6.18 Å². The van der Waals surface area contributed by atoms with Crippen LogP contribution in [0.15, 0.2) is 16.3 Å². The van der Waals surface area contributed by atoms with E-state index >= 15 is 0 Å². The summed E-state index contributed by atoms with van der Waals surface area (Å²) >= 11 is 6.18. The predicted molar refractivity (Wildman–Crippen MR) is 51.7 cm³/mol. The Kier molecular flexibility index (Phi) is 4.18. The summed E-state index contributed by atoms with van der Waals surface area (Å²) in [5.74, 6) is 0. The molecule has 0 aliphatic carbocycles. The highest BCUT2D eigenvalue weighted by atomic mass is 35.5. The van der Waals surface area contributed by atoms with Crippen LogP contribution in [0.3, 0.4) is 0 Å². The zero-order valence-corrected chi connectivity index (χ0v) is 9.80. The lowest BCUT2D eigenvalue weighted by Crippen LogP contribution is -2.29. The van der Waals surface area contributed by atoms with Gasteiger partial charge in [-0.15, -0.1) is 11.3 Å². The molecule has 0 spiro atoms. The van der Waals surface area contributed by atoms with Crippen LogP contribution in [0.4, 0.5) is 13.2 Å². The van der Waals surface area contributed by atoms with E-state index in [2.05, 4.69) is 4.84 Å². The van der Waals surface area contributed by atoms with Crippen LogP contribution in [-0.4, -0.2) is 21.2 Å². The SMILES string of the molecule is O=S(=O)(NOCC(F)(F)F)c1ccc(Cl)s1. The van der Waals surface area contributed by atoms with Crippen LogP contribution in [0, 0.1) is 0 Å². The second-order valence-electron chi connectivity index (χ2n) is 2.55. The van der Waals surface area contributed by atoms with E-state index in [0.717, 1.165) is 6.07 Å². The molecule has 0 unspecified atom stereocenters. The number of hydrogen-bond acceptors (Lipinski definition) is 4. The van der Waals surface area contributed by atoms with Gasteiger partial charge in [0.1, 0.15) is 4.21 Å². The van der Waals surface area contributed by atoms with Crippen LogP contribution in [-0.2, 0) is 14.9 Å². The Morgan fingerprint density at radius 1 is 1.44 bits per heavy atom. The van der Waals surface area contributed by atoms with Gasteiger partial charge in [0, 0.05) is 0 Å². The lowest BCUT2D eigenvalue weighted by Gasteiger charge is -2.07. The van der Waals surface area contributed by atoms with Crippen LogP contribution >= 0.6 is 22.9 Å². The van der Waals surface area contributed by atoms with E-state index in [1.807, 2.05) is 0 Å². The molecule has 0 atom stereocenters. The molecule has 10 heteroatoms. The number of hydrogen-bond donors (Lipinski definition) is 1. The van der Waals surface area contributed by atoms with Crippen molar-refractivity contribution < 1.29 is 26.4 Å². The van der Waals surface area contributed by atoms with Gasteiger partial charge in [0.25, 0.3) is 10.0 Å². The van der Waals surface area contributed by atoms with E-state index in [4.69, 9.17) is 11.6 Å². The van der Waals surface area contributed by atoms with Gasteiger partial charge in [-0.25, -0.2) is 8.42 Å². The van der Waals surface area contributed by atoms with Crippen LogP contribution < -0.4 is 4.89 Å². The lowest BCUT2D eigenvalue weighted by atomic mass is 10.7. The smallest absolute Gasteiger partial charge is 0.277 e. The number of sulfonamides is 1. The summed E-state index contributed by atoms with van der Waals surface area (Å²) in [5, 5.41) is 0. The van der Waals surface area contributed by atoms with Gasteiger partial charge in [0.15, 0.2) is 6.61 Å². The fourth-order valence-electron chi connectivity index (χ4n) is 0.672. The first-order chi connectivity index (χ1) is 7.21. The second-order valence-corrected chi connectivity index (χ2v) is 6.14. The Bertz CT molecular complexity index is 456. The van der Waals surface area contributed by atoms with Crippen molar-refractivity contribution in [2.75, 3.05) is 6.61 Å². The molecule has 0 saturated heterocycles. The Hall–Kier alpha value is -0.350. The van der Waals surface area contributed by atoms with Gasteiger partial charge in [-0.3, -0.25) is 4.84 Å². The molecule has 16 heavy (non-hydrogen) atoms. The summed E-state index contributed by atoms with van der Waals surface area (Å²) in [7, 11) is -4.10. The zero-order chi connectivity index (χ0) is 12.4. The fraction of sp³-hybridized carbons (Fsp3) is 0.333. The maximum absolute atomic E-state index is 11.7. The topological polar surface area (TPSA) is 55.4 Å². The van der Waals surface area contributed by atoms with Gasteiger partial charge in [-0.05, 0) is 12.1 Å². The molecule has 0 aliphatic rings. The van der Waals surface area contributed by atoms with Gasteiger partial charge in [0.2, 0.25) is 0 Å². The molecule has 1 aromatic rings. The van der Waals surface area contributed by atoms with Crippen LogP contribution in [0.2, 0.25) is 4.34 Å². The maximum Gasteiger partial charge on any atom is 0.413 e. The van der Waals surface area contributed by atoms with E-state index in [1.54, 1.807) is 0 Å². The summed E-state index contributed by atoms with van der Waals surface area (Å²) in [5.41, 5.74) is 0. The standard InChI is InChI=1S/C6H5ClF3NO3S2/c7-4-1-2-5(15-4)16(12,13)11-14-3-6(8,9)10/h1-2,11H,3H2. The van der Waals surface area contributed by atoms with Gasteiger partial charge in [-0.1, -0.05) is 16.5 Å². The number of alkyl halides is 3. The average molecular weight is 296 g/mol. The first kappa shape index (κ1) is 13.7. The minimum Gasteiger partial charge on any atom is -0.277 e. The van der Waals surface area contributed by atoms with Crippen molar-refractivity contribution >= 4 is 33.0 Å². The van der Waals surface area contributed by atoms with Gasteiger partial charge in [-0.2, -0.15) is 13.2 Å². The molecular formula is C6H5ClF3NO3S2. The molecule has 92 valence electrons. The number of nitrogens with one attached hydrogen (secondary N) is 1. The number of rotatable bonds is 4. The van der Waals surface area contributed by atoms with Crippen molar-refractivity contribution in [2.24, 2.45) is 0 Å². The number of thiophene rings is 1. The highest BCUT2D eigenvalue weighted by molar-refractivity contribution is 7.91. The Labute approximate surface area is 98.0 Å². The van der Waals surface area contributed by atoms with Crippen LogP contribution in [0.1, 0.15) is 0 Å². The molecule has 4 nitrogen and oxygen atoms in total. The van der Waals surface area contributed by atoms with E-state index in [-0.39, 0.29) is 8.55 Å². The van der Waals surface area contributed by atoms with Crippen molar-refractivity contribution in [1.29, 1.82) is 0 Å². The molecule has 0 aliphatic heterocycles. The Morgan fingerprint density at radius 3 is 2.50 bits per heavy atom. The van der Waals surface area contributed by atoms with E-state index < -0.39 is 22.8 Å². The third-order valence-electron chi connectivity index (χ3n) is 1.22. The molecule has 0 aromatic carbocycles. The van der Waals surface area contributed by atoms with Crippen LogP contribution in [0.25, 0.3) is 0 Å². The summed E-state index contributed by atoms with van der Waals surface area (Å²) in [6, 6.07) is 2.47. The van der Waals surface area contributed by atoms with Crippen molar-refractivity contribution in [2.45, 2.75) is 10.4 Å². The number of halogens is 4. The molecular weight excluding hydrogens is 291 g/mol. The summed E-state index contributed by atoms with van der Waals surface area (Å²) in [4.78, 5) is 5.18. The summed E-state index contributed by atoms with van der Waals surface area (Å²) in [6.07, 6.45) is -4.60. The molecule has 1 heterocycles. The minimum absolute atomic E-state index is 0.205. The largest absolute Gasteiger partial charge is 0.413 e. The van der Waals surface area contributed by atoms with Crippen LogP contribution in [0.5, 0.6) is 0 Å². The molecule has 1 rings (SSSR count). The molecule has 1 aromatic heterocycles. The highest BCUT2D eigenvalue weighted by Gasteiger charge is 2.29. The van der Waals surface area contributed by atoms with Gasteiger partial charge < -0.3 is 0 Å². The first-order valence-electron chi connectivity index (χ1n) is 3.66. The Morgan fingerprint density at radius 2 is 2.06 bits per heavy atom. The fourth-order valence-corrected chi connectivity index (χ4v) is 2.94. The van der Waals surface area contributed by atoms with E-state index in [9.17, 15) is 21.6 Å². The monoisotopic (exact) mass is 295 g/mol. The zero-order valence-electron chi connectivity index (χ0n) is 7.41. The maximum atomic E-state index is 11.7. The first-order valence-corrected chi connectivity index (χ1v) is 6.34. The van der Waals surface area contributed by atoms with Crippen molar-refractivity contribution in [3.05, 3.63) is 16.5 Å². The molecule has 1 N–H and O–H groups in total. The predicted octanol–water partition coefficient (Wildman–Crippen LogP) is 2.17. The third-order valence-corrected chi connectivity index (χ3v) is 4.15. The minimum atomic E-state index is -4.60. The van der Waals surface area contributed by atoms with E-state index in [1.165, 1.54) is 11.0 Å². The van der Waals surface area contributed by atoms with Gasteiger partial charge in [0.05, 0.1) is 4.34 Å². The van der Waals surface area contributed by atoms with E-state index in [0.29, 0.717) is 11.3 Å². The highest BCUT2D eigenvalue weighted by Crippen LogP contribution is 2.25. The summed E-state index contributed by atoms with van der Waals surface area (Å²) < 4.78 is 57.5. The van der Waals surface area contributed by atoms with Crippen molar-refractivity contribution in [1.82, 2.24) is 4.89 Å². The molecule has 0 radical (unpaired) electrons. The van der Waals surface area contributed by atoms with Crippen molar-refractivity contribution in [3.63, 3.8) is 0 Å². The average Bonchev–Trinajstić information content (AvgIpc) is 2.49. The lowest BCUT2D eigenvalue weighted by molar-refractivity contribution is -0.181. The molecule has 0 fully saturated rings. The quantitative estimate of drug-likeness (QED) is 0.866. The third kappa shape index (κ3) is 4.26. The van der Waals surface area contributed by atoms with Crippen molar-refractivity contribution in [3.8, 4) is 0 Å². The second kappa shape index (κ2) is 4.88. The Balaban J connectivity index is 2.60.